The molecule has 3 heteroatoms. The molecule has 0 aliphatic heterocycles. The van der Waals surface area contributed by atoms with Gasteiger partial charge in [-0.2, -0.15) is 0 Å². The van der Waals surface area contributed by atoms with Crippen LogP contribution >= 0.6 is 0 Å². The number of Topliss-reactive ketones (excluding diaryl/α,β-unsaturated/α-hetero) is 2. The molecule has 0 N–H and O–H groups in total. The van der Waals surface area contributed by atoms with Crippen molar-refractivity contribution < 1.29 is 9.59 Å². The predicted octanol–water partition coefficient (Wildman–Crippen LogP) is 5.45. The van der Waals surface area contributed by atoms with E-state index in [4.69, 9.17) is 0 Å². The Hall–Kier alpha value is -1.51. The molecule has 4 aliphatic carbocycles. The van der Waals surface area contributed by atoms with Crippen molar-refractivity contribution in [2.24, 2.45) is 45.3 Å². The molecule has 0 radical (unpaired) electrons. The van der Waals surface area contributed by atoms with Gasteiger partial charge in [0.05, 0.1) is 0 Å². The van der Waals surface area contributed by atoms with E-state index in [2.05, 4.69) is 58.7 Å². The number of hydrogen-bond donors (Lipinski definition) is 0. The topological polar surface area (TPSA) is 47.0 Å². The summed E-state index contributed by atoms with van der Waals surface area (Å²) in [5.74, 6) is 1.47. The molecule has 0 saturated heterocycles. The number of aromatic nitrogens is 1. The van der Waals surface area contributed by atoms with Crippen LogP contribution in [0.25, 0.3) is 0 Å². The smallest absolute Gasteiger partial charge is 0.143 e. The maximum absolute atomic E-state index is 13.9. The number of rotatable bonds is 3. The molecule has 6 atom stereocenters. The average molecular weight is 394 g/mol. The average Bonchev–Trinajstić information content (AvgIpc) is 3.16. The summed E-state index contributed by atoms with van der Waals surface area (Å²) in [6.45, 7) is 13.5. The Morgan fingerprint density at radius 3 is 1.55 bits per heavy atom. The van der Waals surface area contributed by atoms with Crippen molar-refractivity contribution in [3.8, 4) is 0 Å². The van der Waals surface area contributed by atoms with Gasteiger partial charge >= 0.3 is 0 Å². The van der Waals surface area contributed by atoms with E-state index in [1.807, 2.05) is 12.4 Å². The van der Waals surface area contributed by atoms with Gasteiger partial charge in [-0.15, -0.1) is 0 Å². The van der Waals surface area contributed by atoms with Crippen LogP contribution in [-0.2, 0) is 9.59 Å². The second-order valence-corrected chi connectivity index (χ2v) is 12.0. The fourth-order valence-electron chi connectivity index (χ4n) is 8.36. The minimum atomic E-state index is -0.256. The number of fused-ring (bicyclic) bond motifs is 4. The third-order valence-corrected chi connectivity index (χ3v) is 11.0. The molecule has 29 heavy (non-hydrogen) atoms. The normalized spacial score (nSPS) is 45.2. The molecule has 5 rings (SSSR count). The van der Waals surface area contributed by atoms with Crippen LogP contribution < -0.4 is 0 Å². The number of nitrogens with zero attached hydrogens (tertiary/aromatic N) is 1. The first-order valence-electron chi connectivity index (χ1n) is 11.5. The summed E-state index contributed by atoms with van der Waals surface area (Å²) in [4.78, 5) is 32.0. The Morgan fingerprint density at radius 2 is 1.21 bits per heavy atom. The molecule has 0 aromatic carbocycles. The van der Waals surface area contributed by atoms with Crippen molar-refractivity contribution in [3.63, 3.8) is 0 Å². The van der Waals surface area contributed by atoms with Crippen LogP contribution in [0.4, 0.5) is 0 Å². The van der Waals surface area contributed by atoms with Gasteiger partial charge in [-0.05, 0) is 66.0 Å². The van der Waals surface area contributed by atoms with E-state index < -0.39 is 0 Å². The number of ketones is 2. The summed E-state index contributed by atoms with van der Waals surface area (Å²) in [6.07, 6.45) is 7.86. The number of hydrogen-bond acceptors (Lipinski definition) is 3. The second-order valence-electron chi connectivity index (χ2n) is 12.0. The van der Waals surface area contributed by atoms with Crippen molar-refractivity contribution in [2.45, 2.75) is 73.1 Å². The molecule has 0 amide bonds. The zero-order valence-corrected chi connectivity index (χ0v) is 18.8. The van der Waals surface area contributed by atoms with Crippen molar-refractivity contribution in [1.29, 1.82) is 0 Å². The second kappa shape index (κ2) is 5.59. The summed E-state index contributed by atoms with van der Waals surface area (Å²) >= 11 is 0. The highest BCUT2D eigenvalue weighted by Crippen LogP contribution is 2.73. The molecule has 156 valence electrons. The Balaban J connectivity index is 1.66. The highest BCUT2D eigenvalue weighted by atomic mass is 16.1. The first kappa shape index (κ1) is 19.5. The van der Waals surface area contributed by atoms with Crippen LogP contribution in [0.3, 0.4) is 0 Å². The third kappa shape index (κ3) is 2.03. The van der Waals surface area contributed by atoms with Gasteiger partial charge in [-0.3, -0.25) is 14.6 Å². The Bertz CT molecular complexity index is 833. The van der Waals surface area contributed by atoms with Crippen LogP contribution in [0.15, 0.2) is 24.5 Å². The molecule has 4 aliphatic rings. The Kier molecular flexibility index (Phi) is 3.75. The van der Waals surface area contributed by atoms with Crippen LogP contribution in [0, 0.1) is 45.3 Å². The lowest BCUT2D eigenvalue weighted by Crippen LogP contribution is -2.41. The molecular formula is C26H35NO2. The Morgan fingerprint density at radius 1 is 0.793 bits per heavy atom. The molecule has 3 nitrogen and oxygen atoms in total. The van der Waals surface area contributed by atoms with E-state index in [0.717, 1.165) is 31.2 Å². The molecule has 4 saturated carbocycles. The highest BCUT2D eigenvalue weighted by Gasteiger charge is 2.72. The number of carbonyl (C=O) groups excluding carboxylic acids is 2. The van der Waals surface area contributed by atoms with Crippen LogP contribution in [-0.4, -0.2) is 16.6 Å². The fraction of sp³-hybridized carbons (Fsp3) is 0.731. The summed E-state index contributed by atoms with van der Waals surface area (Å²) in [6, 6.07) is 4.13. The minimum absolute atomic E-state index is 0.000116. The van der Waals surface area contributed by atoms with Crippen molar-refractivity contribution in [3.05, 3.63) is 30.1 Å². The molecule has 4 fully saturated rings. The number of pyridine rings is 1. The maximum atomic E-state index is 13.9. The highest BCUT2D eigenvalue weighted by molar-refractivity contribution is 5.96. The quantitative estimate of drug-likeness (QED) is 0.686. The SMILES string of the molecule is CC1(C)[C@@H]2CC[C@@]1(C)C(=O)C2C(c1ccncc1)C1C(=O)[C@]2(C)CC[C@H]1C2(C)C. The molecular weight excluding hydrogens is 358 g/mol. The van der Waals surface area contributed by atoms with E-state index in [1.165, 1.54) is 0 Å². The van der Waals surface area contributed by atoms with Gasteiger partial charge in [0.2, 0.25) is 0 Å². The van der Waals surface area contributed by atoms with Gasteiger partial charge in [-0.25, -0.2) is 0 Å². The summed E-state index contributed by atoms with van der Waals surface area (Å²) in [5, 5.41) is 0. The number of carbonyl (C=O) groups is 2. The van der Waals surface area contributed by atoms with Crippen LogP contribution in [0.1, 0.15) is 78.7 Å². The molecule has 1 aromatic rings. The van der Waals surface area contributed by atoms with Crippen molar-refractivity contribution in [2.75, 3.05) is 0 Å². The first-order valence-corrected chi connectivity index (χ1v) is 11.5. The van der Waals surface area contributed by atoms with Crippen molar-refractivity contribution >= 4 is 11.6 Å². The lowest BCUT2D eigenvalue weighted by Gasteiger charge is -2.39. The standard InChI is InChI=1S/C26H35NO2/c1-23(2)16-7-11-25(23,5)21(28)19(16)18(15-9-13-27-14-10-15)20-17-8-12-26(6,22(20)29)24(17,3)4/h9-10,13-14,16-20H,7-8,11-12H2,1-6H3/t16-,17-,18?,19?,20?,25+,26+/m1/s1. The van der Waals surface area contributed by atoms with Gasteiger partial charge in [0, 0.05) is 41.0 Å². The first-order chi connectivity index (χ1) is 13.5. The molecule has 2 unspecified atom stereocenters. The minimum Gasteiger partial charge on any atom is -0.299 e. The molecule has 1 heterocycles. The lowest BCUT2D eigenvalue weighted by atomic mass is 9.63. The largest absolute Gasteiger partial charge is 0.299 e. The predicted molar refractivity (Wildman–Crippen MR) is 113 cm³/mol. The van der Waals surface area contributed by atoms with E-state index in [-0.39, 0.29) is 39.4 Å². The fourth-order valence-corrected chi connectivity index (χ4v) is 8.36. The third-order valence-electron chi connectivity index (χ3n) is 11.0. The van der Waals surface area contributed by atoms with Gasteiger partial charge in [0.25, 0.3) is 0 Å². The zero-order chi connectivity index (χ0) is 21.0. The zero-order valence-electron chi connectivity index (χ0n) is 18.8. The van der Waals surface area contributed by atoms with E-state index in [1.54, 1.807) is 0 Å². The summed E-state index contributed by atoms with van der Waals surface area (Å²) in [7, 11) is 0. The van der Waals surface area contributed by atoms with Gasteiger partial charge < -0.3 is 0 Å². The Labute approximate surface area is 175 Å². The van der Waals surface area contributed by atoms with Gasteiger partial charge in [-0.1, -0.05) is 41.5 Å². The van der Waals surface area contributed by atoms with E-state index in [9.17, 15) is 9.59 Å². The van der Waals surface area contributed by atoms with Crippen LogP contribution in [0.5, 0.6) is 0 Å². The monoisotopic (exact) mass is 393 g/mol. The summed E-state index contributed by atoms with van der Waals surface area (Å²) < 4.78 is 0. The molecule has 0 spiro atoms. The summed E-state index contributed by atoms with van der Waals surface area (Å²) in [5.41, 5.74) is 0.636. The van der Waals surface area contributed by atoms with Gasteiger partial charge in [0.1, 0.15) is 11.6 Å². The van der Waals surface area contributed by atoms with Crippen molar-refractivity contribution in [1.82, 2.24) is 4.98 Å². The van der Waals surface area contributed by atoms with E-state index in [0.29, 0.717) is 23.4 Å². The maximum Gasteiger partial charge on any atom is 0.143 e. The lowest BCUT2D eigenvalue weighted by molar-refractivity contribution is -0.136. The van der Waals surface area contributed by atoms with Gasteiger partial charge in [0.15, 0.2) is 0 Å². The molecule has 1 aromatic heterocycles. The van der Waals surface area contributed by atoms with Crippen LogP contribution in [0.2, 0.25) is 0 Å². The van der Waals surface area contributed by atoms with E-state index >= 15 is 0 Å². The molecule has 4 bridgehead atoms.